The topological polar surface area (TPSA) is 78.3 Å². The zero-order valence-electron chi connectivity index (χ0n) is 9.69. The van der Waals surface area contributed by atoms with E-state index in [4.69, 9.17) is 16.2 Å². The summed E-state index contributed by atoms with van der Waals surface area (Å²) in [5.41, 5.74) is 11.4. The number of carbonyl (C=O) groups is 1. The number of ether oxygens (including phenoxy) is 1. The third-order valence-electron chi connectivity index (χ3n) is 1.91. The number of amides is 1. The molecule has 0 saturated carbocycles. The molecule has 0 radical (unpaired) electrons. The molecule has 0 unspecified atom stereocenters. The van der Waals surface area contributed by atoms with Crippen LogP contribution in [0.2, 0.25) is 0 Å². The molecule has 1 aromatic carbocycles. The average Bonchev–Trinajstić information content (AvgIpc) is 2.14. The number of hydrogen-bond donors (Lipinski definition) is 2. The van der Waals surface area contributed by atoms with E-state index >= 15 is 0 Å². The van der Waals surface area contributed by atoms with Crippen molar-refractivity contribution in [3.63, 3.8) is 0 Å². The normalized spacial score (nSPS) is 11.2. The van der Waals surface area contributed by atoms with Gasteiger partial charge in [0.2, 0.25) is 5.91 Å². The van der Waals surface area contributed by atoms with Crippen molar-refractivity contribution in [2.24, 2.45) is 11.5 Å². The summed E-state index contributed by atoms with van der Waals surface area (Å²) < 4.78 is 5.49. The molecule has 4 N–H and O–H groups in total. The first-order valence-corrected chi connectivity index (χ1v) is 5.16. The molecule has 0 heterocycles. The minimum Gasteiger partial charge on any atom is -0.492 e. The number of primary amides is 1. The van der Waals surface area contributed by atoms with Crippen molar-refractivity contribution in [3.05, 3.63) is 29.8 Å². The Morgan fingerprint density at radius 1 is 1.31 bits per heavy atom. The molecule has 0 saturated heterocycles. The van der Waals surface area contributed by atoms with Crippen molar-refractivity contribution in [3.8, 4) is 5.75 Å². The van der Waals surface area contributed by atoms with Crippen molar-refractivity contribution in [2.75, 3.05) is 6.61 Å². The Labute approximate surface area is 95.6 Å². The van der Waals surface area contributed by atoms with Crippen molar-refractivity contribution < 1.29 is 9.53 Å². The van der Waals surface area contributed by atoms with Crippen LogP contribution < -0.4 is 16.2 Å². The Morgan fingerprint density at radius 2 is 1.88 bits per heavy atom. The van der Waals surface area contributed by atoms with Gasteiger partial charge in [-0.25, -0.2) is 0 Å². The summed E-state index contributed by atoms with van der Waals surface area (Å²) in [5, 5.41) is 0. The van der Waals surface area contributed by atoms with Gasteiger partial charge in [-0.05, 0) is 31.5 Å². The van der Waals surface area contributed by atoms with E-state index in [1.165, 1.54) is 0 Å². The highest BCUT2D eigenvalue weighted by atomic mass is 16.5. The van der Waals surface area contributed by atoms with Gasteiger partial charge in [0.15, 0.2) is 0 Å². The van der Waals surface area contributed by atoms with E-state index in [2.05, 4.69) is 0 Å². The van der Waals surface area contributed by atoms with E-state index in [1.807, 2.05) is 38.1 Å². The smallest absolute Gasteiger partial charge is 0.221 e. The van der Waals surface area contributed by atoms with Crippen LogP contribution in [0.1, 0.15) is 19.4 Å². The SMILES string of the molecule is CC(C)(N)COc1ccc(CC(N)=O)cc1. The molecule has 0 atom stereocenters. The summed E-state index contributed by atoms with van der Waals surface area (Å²) in [6.45, 7) is 4.24. The number of carbonyl (C=O) groups excluding carboxylic acids is 1. The largest absolute Gasteiger partial charge is 0.492 e. The van der Waals surface area contributed by atoms with E-state index in [-0.39, 0.29) is 17.9 Å². The molecular weight excluding hydrogens is 204 g/mol. The Hall–Kier alpha value is -1.55. The standard InChI is InChI=1S/C12H18N2O2/c1-12(2,14)8-16-10-5-3-9(4-6-10)7-11(13)15/h3-6H,7-8,14H2,1-2H3,(H2,13,15). The maximum Gasteiger partial charge on any atom is 0.221 e. The number of rotatable bonds is 5. The molecule has 0 bridgehead atoms. The molecule has 4 nitrogen and oxygen atoms in total. The third-order valence-corrected chi connectivity index (χ3v) is 1.91. The first-order valence-electron chi connectivity index (χ1n) is 5.16. The van der Waals surface area contributed by atoms with Gasteiger partial charge in [0.1, 0.15) is 12.4 Å². The van der Waals surface area contributed by atoms with Gasteiger partial charge in [-0.1, -0.05) is 12.1 Å². The van der Waals surface area contributed by atoms with Gasteiger partial charge in [0.05, 0.1) is 6.42 Å². The van der Waals surface area contributed by atoms with E-state index in [9.17, 15) is 4.79 Å². The lowest BCUT2D eigenvalue weighted by Gasteiger charge is -2.18. The molecule has 0 aliphatic heterocycles. The van der Waals surface area contributed by atoms with Crippen LogP contribution in [-0.2, 0) is 11.2 Å². The molecule has 1 rings (SSSR count). The Bertz CT molecular complexity index is 352. The highest BCUT2D eigenvalue weighted by Crippen LogP contribution is 2.13. The monoisotopic (exact) mass is 222 g/mol. The van der Waals surface area contributed by atoms with Crippen LogP contribution in [-0.4, -0.2) is 18.1 Å². The fraction of sp³-hybridized carbons (Fsp3) is 0.417. The van der Waals surface area contributed by atoms with Gasteiger partial charge in [-0.3, -0.25) is 4.79 Å². The summed E-state index contributed by atoms with van der Waals surface area (Å²) in [5.74, 6) is 0.406. The minimum atomic E-state index is -0.355. The predicted molar refractivity (Wildman–Crippen MR) is 63.1 cm³/mol. The second-order valence-corrected chi connectivity index (χ2v) is 4.56. The van der Waals surface area contributed by atoms with Crippen LogP contribution in [0.3, 0.4) is 0 Å². The quantitative estimate of drug-likeness (QED) is 0.774. The van der Waals surface area contributed by atoms with E-state index in [0.29, 0.717) is 6.61 Å². The first kappa shape index (κ1) is 12.5. The second-order valence-electron chi connectivity index (χ2n) is 4.56. The van der Waals surface area contributed by atoms with Crippen molar-refractivity contribution in [1.29, 1.82) is 0 Å². The number of benzene rings is 1. The third kappa shape index (κ3) is 4.79. The predicted octanol–water partition coefficient (Wildman–Crippen LogP) is 0.830. The molecule has 1 aromatic rings. The molecular formula is C12H18N2O2. The highest BCUT2D eigenvalue weighted by Gasteiger charge is 2.11. The minimum absolute atomic E-state index is 0.253. The van der Waals surface area contributed by atoms with E-state index < -0.39 is 0 Å². The van der Waals surface area contributed by atoms with Gasteiger partial charge in [0, 0.05) is 5.54 Å². The maximum atomic E-state index is 10.7. The van der Waals surface area contributed by atoms with Crippen LogP contribution >= 0.6 is 0 Å². The Balaban J connectivity index is 2.55. The maximum absolute atomic E-state index is 10.7. The Kier molecular flexibility index (Phi) is 3.90. The zero-order valence-corrected chi connectivity index (χ0v) is 9.69. The average molecular weight is 222 g/mol. The lowest BCUT2D eigenvalue weighted by Crippen LogP contribution is -2.38. The summed E-state index contributed by atoms with van der Waals surface area (Å²) in [6.07, 6.45) is 0.253. The molecule has 16 heavy (non-hydrogen) atoms. The summed E-state index contributed by atoms with van der Waals surface area (Å²) in [6, 6.07) is 7.27. The molecule has 88 valence electrons. The molecule has 0 spiro atoms. The van der Waals surface area contributed by atoms with Crippen LogP contribution in [0.15, 0.2) is 24.3 Å². The molecule has 0 fully saturated rings. The van der Waals surface area contributed by atoms with E-state index in [0.717, 1.165) is 11.3 Å². The molecule has 0 aliphatic carbocycles. The number of hydrogen-bond acceptors (Lipinski definition) is 3. The summed E-state index contributed by atoms with van der Waals surface area (Å²) in [4.78, 5) is 10.7. The van der Waals surface area contributed by atoms with Gasteiger partial charge < -0.3 is 16.2 Å². The molecule has 4 heteroatoms. The molecule has 1 amide bonds. The van der Waals surface area contributed by atoms with E-state index in [1.54, 1.807) is 0 Å². The van der Waals surface area contributed by atoms with Crippen LogP contribution in [0.5, 0.6) is 5.75 Å². The number of nitrogens with two attached hydrogens (primary N) is 2. The molecule has 0 aliphatic rings. The Morgan fingerprint density at radius 3 is 2.31 bits per heavy atom. The van der Waals surface area contributed by atoms with Crippen LogP contribution in [0, 0.1) is 0 Å². The highest BCUT2D eigenvalue weighted by molar-refractivity contribution is 5.76. The summed E-state index contributed by atoms with van der Waals surface area (Å²) >= 11 is 0. The first-order chi connectivity index (χ1) is 7.37. The zero-order chi connectivity index (χ0) is 12.2. The van der Waals surface area contributed by atoms with Crippen molar-refractivity contribution in [2.45, 2.75) is 25.8 Å². The lowest BCUT2D eigenvalue weighted by atomic mass is 10.1. The molecule has 0 aromatic heterocycles. The summed E-state index contributed by atoms with van der Waals surface area (Å²) in [7, 11) is 0. The second kappa shape index (κ2) is 4.99. The van der Waals surface area contributed by atoms with Crippen molar-refractivity contribution in [1.82, 2.24) is 0 Å². The van der Waals surface area contributed by atoms with Crippen molar-refractivity contribution >= 4 is 5.91 Å². The van der Waals surface area contributed by atoms with Crippen LogP contribution in [0.4, 0.5) is 0 Å². The van der Waals surface area contributed by atoms with Gasteiger partial charge >= 0.3 is 0 Å². The van der Waals surface area contributed by atoms with Gasteiger partial charge in [-0.2, -0.15) is 0 Å². The fourth-order valence-corrected chi connectivity index (χ4v) is 1.17. The lowest BCUT2D eigenvalue weighted by molar-refractivity contribution is -0.117. The fourth-order valence-electron chi connectivity index (χ4n) is 1.17. The van der Waals surface area contributed by atoms with Gasteiger partial charge in [0.25, 0.3) is 0 Å². The van der Waals surface area contributed by atoms with Crippen LogP contribution in [0.25, 0.3) is 0 Å². The van der Waals surface area contributed by atoms with Gasteiger partial charge in [-0.15, -0.1) is 0 Å².